The Labute approximate surface area is 319 Å². The van der Waals surface area contributed by atoms with Crippen LogP contribution in [0.3, 0.4) is 0 Å². The van der Waals surface area contributed by atoms with Crippen LogP contribution < -0.4 is 5.32 Å². The van der Waals surface area contributed by atoms with E-state index in [9.17, 15) is 15.0 Å². The first-order valence-corrected chi connectivity index (χ1v) is 22.7. The molecule has 0 aliphatic heterocycles. The number of aliphatic hydroxyl groups is 2. The van der Waals surface area contributed by atoms with E-state index in [4.69, 9.17) is 0 Å². The standard InChI is InChI=1S/C47H89NO3/c1-3-5-7-9-11-13-15-17-19-21-22-23-24-25-27-28-30-32-34-36-38-40-42-46(50)45(44-49)48-47(51)43-41-39-37-35-33-31-29-26-20-18-16-14-12-10-8-6-4-2/h6,8,12,14,18,20,45-46,49-50H,3-5,7,9-11,13,15-17,19,21-44H2,1-2H3,(H,48,51)/b8-6-,14-12-,20-18-. The van der Waals surface area contributed by atoms with E-state index in [1.165, 1.54) is 167 Å². The lowest BCUT2D eigenvalue weighted by Crippen LogP contribution is -2.45. The van der Waals surface area contributed by atoms with Gasteiger partial charge in [-0.05, 0) is 44.9 Å². The van der Waals surface area contributed by atoms with Gasteiger partial charge < -0.3 is 15.5 Å². The summed E-state index contributed by atoms with van der Waals surface area (Å²) in [6.45, 7) is 4.26. The quantitative estimate of drug-likeness (QED) is 0.0436. The van der Waals surface area contributed by atoms with Crippen molar-refractivity contribution in [3.63, 3.8) is 0 Å². The summed E-state index contributed by atoms with van der Waals surface area (Å²) in [7, 11) is 0. The molecule has 1 amide bonds. The van der Waals surface area contributed by atoms with Crippen molar-refractivity contribution in [2.75, 3.05) is 6.61 Å². The van der Waals surface area contributed by atoms with Gasteiger partial charge in [0.1, 0.15) is 0 Å². The number of rotatable bonds is 41. The Bertz CT molecular complexity index is 775. The zero-order chi connectivity index (χ0) is 37.1. The number of allylic oxidation sites excluding steroid dienone is 6. The summed E-state index contributed by atoms with van der Waals surface area (Å²) in [6.07, 6.45) is 56.6. The van der Waals surface area contributed by atoms with Crippen molar-refractivity contribution >= 4 is 5.91 Å². The zero-order valence-electron chi connectivity index (χ0n) is 34.4. The molecule has 4 nitrogen and oxygen atoms in total. The molecule has 3 N–H and O–H groups in total. The van der Waals surface area contributed by atoms with Gasteiger partial charge in [-0.25, -0.2) is 0 Å². The summed E-state index contributed by atoms with van der Waals surface area (Å²) in [6, 6.07) is -0.541. The maximum Gasteiger partial charge on any atom is 0.220 e. The van der Waals surface area contributed by atoms with Crippen molar-refractivity contribution < 1.29 is 15.0 Å². The molecule has 0 radical (unpaired) electrons. The van der Waals surface area contributed by atoms with Crippen molar-refractivity contribution in [1.82, 2.24) is 5.32 Å². The first-order valence-electron chi connectivity index (χ1n) is 22.7. The van der Waals surface area contributed by atoms with E-state index in [2.05, 4.69) is 55.6 Å². The van der Waals surface area contributed by atoms with Crippen molar-refractivity contribution in [1.29, 1.82) is 0 Å². The fourth-order valence-electron chi connectivity index (χ4n) is 6.96. The smallest absolute Gasteiger partial charge is 0.220 e. The fraction of sp³-hybridized carbons (Fsp3) is 0.851. The van der Waals surface area contributed by atoms with E-state index >= 15 is 0 Å². The summed E-state index contributed by atoms with van der Waals surface area (Å²) < 4.78 is 0. The van der Waals surface area contributed by atoms with Gasteiger partial charge in [-0.3, -0.25) is 4.79 Å². The lowest BCUT2D eigenvalue weighted by Gasteiger charge is -2.22. The van der Waals surface area contributed by atoms with Crippen molar-refractivity contribution in [2.45, 2.75) is 251 Å². The van der Waals surface area contributed by atoms with Crippen LogP contribution in [-0.2, 0) is 4.79 Å². The van der Waals surface area contributed by atoms with E-state index in [1.54, 1.807) is 0 Å². The molecular weight excluding hydrogens is 627 g/mol. The van der Waals surface area contributed by atoms with Crippen LogP contribution >= 0.6 is 0 Å². The number of carbonyl (C=O) groups excluding carboxylic acids is 1. The SMILES string of the molecule is CC/C=C\C/C=C\C/C=C\CCCCCCCCCC(=O)NC(CO)C(O)CCCCCCCCCCCCCCCCCCCCCCCC. The molecule has 0 bridgehead atoms. The molecule has 0 aliphatic carbocycles. The van der Waals surface area contributed by atoms with Gasteiger partial charge in [0.25, 0.3) is 0 Å². The van der Waals surface area contributed by atoms with Crippen LogP contribution in [0.2, 0.25) is 0 Å². The topological polar surface area (TPSA) is 69.6 Å². The summed E-state index contributed by atoms with van der Waals surface area (Å²) in [5, 5.41) is 23.2. The maximum absolute atomic E-state index is 12.4. The number of nitrogens with one attached hydrogen (secondary N) is 1. The summed E-state index contributed by atoms with van der Waals surface area (Å²) in [5.74, 6) is -0.0405. The molecule has 4 heteroatoms. The molecule has 51 heavy (non-hydrogen) atoms. The minimum atomic E-state index is -0.664. The van der Waals surface area contributed by atoms with E-state index in [-0.39, 0.29) is 12.5 Å². The third-order valence-electron chi connectivity index (χ3n) is 10.4. The number of aliphatic hydroxyl groups excluding tert-OH is 2. The van der Waals surface area contributed by atoms with Gasteiger partial charge in [-0.1, -0.05) is 224 Å². The Morgan fingerprint density at radius 3 is 1.29 bits per heavy atom. The minimum Gasteiger partial charge on any atom is -0.394 e. The van der Waals surface area contributed by atoms with Crippen LogP contribution in [0.1, 0.15) is 239 Å². The molecule has 0 saturated carbocycles. The zero-order valence-corrected chi connectivity index (χ0v) is 34.4. The Morgan fingerprint density at radius 1 is 0.490 bits per heavy atom. The first-order chi connectivity index (χ1) is 25.2. The highest BCUT2D eigenvalue weighted by atomic mass is 16.3. The highest BCUT2D eigenvalue weighted by molar-refractivity contribution is 5.76. The second-order valence-corrected chi connectivity index (χ2v) is 15.4. The molecule has 0 aromatic rings. The molecule has 2 unspecified atom stereocenters. The Kier molecular flexibility index (Phi) is 41.8. The normalized spacial score (nSPS) is 13.3. The average Bonchev–Trinajstić information content (AvgIpc) is 3.13. The maximum atomic E-state index is 12.4. The largest absolute Gasteiger partial charge is 0.394 e. The first kappa shape index (κ1) is 49.6. The van der Waals surface area contributed by atoms with E-state index < -0.39 is 12.1 Å². The molecule has 300 valence electrons. The van der Waals surface area contributed by atoms with Crippen LogP contribution in [0.15, 0.2) is 36.5 Å². The van der Waals surface area contributed by atoms with E-state index in [1.807, 2.05) is 0 Å². The van der Waals surface area contributed by atoms with Crippen molar-refractivity contribution in [3.8, 4) is 0 Å². The van der Waals surface area contributed by atoms with Crippen LogP contribution in [0.25, 0.3) is 0 Å². The van der Waals surface area contributed by atoms with Crippen LogP contribution in [0.4, 0.5) is 0 Å². The number of hydrogen-bond donors (Lipinski definition) is 3. The van der Waals surface area contributed by atoms with Gasteiger partial charge >= 0.3 is 0 Å². The van der Waals surface area contributed by atoms with Crippen LogP contribution in [0, 0.1) is 0 Å². The molecule has 0 heterocycles. The van der Waals surface area contributed by atoms with E-state index in [0.717, 1.165) is 44.9 Å². The molecular formula is C47H89NO3. The summed E-state index contributed by atoms with van der Waals surface area (Å²) in [4.78, 5) is 12.4. The van der Waals surface area contributed by atoms with Crippen LogP contribution in [0.5, 0.6) is 0 Å². The molecule has 0 rings (SSSR count). The highest BCUT2D eigenvalue weighted by Gasteiger charge is 2.20. The number of amides is 1. The van der Waals surface area contributed by atoms with Gasteiger partial charge in [0.15, 0.2) is 0 Å². The monoisotopic (exact) mass is 716 g/mol. The van der Waals surface area contributed by atoms with Gasteiger partial charge in [0.05, 0.1) is 18.8 Å². The van der Waals surface area contributed by atoms with Gasteiger partial charge in [0, 0.05) is 6.42 Å². The fourth-order valence-corrected chi connectivity index (χ4v) is 6.96. The minimum absolute atomic E-state index is 0.0405. The third-order valence-corrected chi connectivity index (χ3v) is 10.4. The number of carbonyl (C=O) groups is 1. The molecule has 0 fully saturated rings. The lowest BCUT2D eigenvalue weighted by atomic mass is 10.0. The van der Waals surface area contributed by atoms with E-state index in [0.29, 0.717) is 12.8 Å². The highest BCUT2D eigenvalue weighted by Crippen LogP contribution is 2.16. The second-order valence-electron chi connectivity index (χ2n) is 15.4. The number of unbranched alkanes of at least 4 members (excludes halogenated alkanes) is 28. The average molecular weight is 716 g/mol. The third kappa shape index (κ3) is 39.6. The van der Waals surface area contributed by atoms with Crippen molar-refractivity contribution in [3.05, 3.63) is 36.5 Å². The predicted molar refractivity (Wildman–Crippen MR) is 225 cm³/mol. The van der Waals surface area contributed by atoms with Crippen molar-refractivity contribution in [2.24, 2.45) is 0 Å². The Morgan fingerprint density at radius 2 is 0.863 bits per heavy atom. The van der Waals surface area contributed by atoms with Gasteiger partial charge in [0.2, 0.25) is 5.91 Å². The molecule has 0 aromatic carbocycles. The Hall–Kier alpha value is -1.39. The molecule has 0 spiro atoms. The summed E-state index contributed by atoms with van der Waals surface area (Å²) >= 11 is 0. The number of hydrogen-bond acceptors (Lipinski definition) is 3. The lowest BCUT2D eigenvalue weighted by molar-refractivity contribution is -0.123. The molecule has 0 aliphatic rings. The molecule has 0 aromatic heterocycles. The second kappa shape index (κ2) is 43.0. The molecule has 0 saturated heterocycles. The van der Waals surface area contributed by atoms with Gasteiger partial charge in [-0.15, -0.1) is 0 Å². The Balaban J connectivity index is 3.50. The van der Waals surface area contributed by atoms with Crippen LogP contribution in [-0.4, -0.2) is 34.9 Å². The summed E-state index contributed by atoms with van der Waals surface area (Å²) in [5.41, 5.74) is 0. The predicted octanol–water partition coefficient (Wildman–Crippen LogP) is 14.2. The molecule has 2 atom stereocenters. The van der Waals surface area contributed by atoms with Gasteiger partial charge in [-0.2, -0.15) is 0 Å².